The molecular formula is C18H20FN3O4S2. The molecule has 2 aromatic carbocycles. The van der Waals surface area contributed by atoms with Gasteiger partial charge in [0.25, 0.3) is 0 Å². The lowest BCUT2D eigenvalue weighted by Gasteiger charge is -2.09. The minimum Gasteiger partial charge on any atom is -0.273 e. The summed E-state index contributed by atoms with van der Waals surface area (Å²) in [5, 5.41) is 0. The van der Waals surface area contributed by atoms with Crippen LogP contribution < -0.4 is 15.6 Å². The van der Waals surface area contributed by atoms with Crippen LogP contribution in [0.2, 0.25) is 0 Å². The largest absolute Gasteiger partial charge is 0.273 e. The van der Waals surface area contributed by atoms with Crippen LogP contribution >= 0.6 is 11.8 Å². The number of carbonyl (C=O) groups excluding carboxylic acids is 2. The van der Waals surface area contributed by atoms with Gasteiger partial charge in [-0.2, -0.15) is 0 Å². The van der Waals surface area contributed by atoms with Crippen molar-refractivity contribution >= 4 is 33.6 Å². The molecule has 0 aliphatic carbocycles. The molecular weight excluding hydrogens is 405 g/mol. The Morgan fingerprint density at radius 2 is 1.64 bits per heavy atom. The van der Waals surface area contributed by atoms with E-state index in [1.165, 1.54) is 18.2 Å². The number of thioether (sulfide) groups is 1. The van der Waals surface area contributed by atoms with Crippen molar-refractivity contribution in [2.75, 3.05) is 12.3 Å². The topological polar surface area (TPSA) is 104 Å². The van der Waals surface area contributed by atoms with Gasteiger partial charge < -0.3 is 0 Å². The van der Waals surface area contributed by atoms with E-state index in [4.69, 9.17) is 0 Å². The van der Waals surface area contributed by atoms with Gasteiger partial charge in [0.05, 0.1) is 10.6 Å². The Kier molecular flexibility index (Phi) is 7.97. The van der Waals surface area contributed by atoms with Crippen molar-refractivity contribution in [2.45, 2.75) is 23.1 Å². The molecule has 0 aromatic heterocycles. The van der Waals surface area contributed by atoms with E-state index in [9.17, 15) is 22.4 Å². The van der Waals surface area contributed by atoms with E-state index >= 15 is 0 Å². The van der Waals surface area contributed by atoms with Crippen LogP contribution in [0, 0.1) is 12.7 Å². The summed E-state index contributed by atoms with van der Waals surface area (Å²) in [6.07, 6.45) is -0.161. The summed E-state index contributed by atoms with van der Waals surface area (Å²) >= 11 is 0.997. The van der Waals surface area contributed by atoms with Gasteiger partial charge in [0.15, 0.2) is 0 Å². The maximum absolute atomic E-state index is 13.5. The first-order valence-electron chi connectivity index (χ1n) is 8.29. The number of hydrazine groups is 1. The number of nitrogens with one attached hydrogen (secondary N) is 3. The van der Waals surface area contributed by atoms with E-state index < -0.39 is 27.7 Å². The number of amides is 2. The number of aryl methyl sites for hydroxylation is 1. The van der Waals surface area contributed by atoms with Crippen LogP contribution in [0.3, 0.4) is 0 Å². The Morgan fingerprint density at radius 3 is 2.32 bits per heavy atom. The van der Waals surface area contributed by atoms with Gasteiger partial charge in [-0.3, -0.25) is 20.4 Å². The second kappa shape index (κ2) is 10.2. The van der Waals surface area contributed by atoms with Crippen molar-refractivity contribution in [3.05, 3.63) is 59.9 Å². The molecule has 0 atom stereocenters. The zero-order valence-corrected chi connectivity index (χ0v) is 16.7. The molecule has 0 radical (unpaired) electrons. The predicted molar refractivity (Wildman–Crippen MR) is 104 cm³/mol. The summed E-state index contributed by atoms with van der Waals surface area (Å²) < 4.78 is 40.0. The second-order valence-electron chi connectivity index (χ2n) is 5.78. The molecule has 3 N–H and O–H groups in total. The lowest BCUT2D eigenvalue weighted by Crippen LogP contribution is -2.43. The fourth-order valence-electron chi connectivity index (χ4n) is 2.04. The quantitative estimate of drug-likeness (QED) is 0.442. The lowest BCUT2D eigenvalue weighted by atomic mass is 10.2. The molecule has 0 saturated carbocycles. The zero-order valence-electron chi connectivity index (χ0n) is 15.1. The van der Waals surface area contributed by atoms with Crippen molar-refractivity contribution in [1.29, 1.82) is 0 Å². The summed E-state index contributed by atoms with van der Waals surface area (Å²) in [5.74, 6) is -1.58. The molecule has 0 bridgehead atoms. The molecule has 10 heteroatoms. The minimum absolute atomic E-state index is 0.0821. The highest BCUT2D eigenvalue weighted by atomic mass is 32.2. The highest BCUT2D eigenvalue weighted by molar-refractivity contribution is 8.00. The average Bonchev–Trinajstić information content (AvgIpc) is 2.66. The normalized spacial score (nSPS) is 11.1. The molecule has 0 aliphatic rings. The number of halogens is 1. The first-order valence-corrected chi connectivity index (χ1v) is 10.8. The van der Waals surface area contributed by atoms with Crippen molar-refractivity contribution in [1.82, 2.24) is 15.6 Å². The third kappa shape index (κ3) is 6.95. The maximum Gasteiger partial charge on any atom is 0.248 e. The van der Waals surface area contributed by atoms with Crippen LogP contribution in [0.5, 0.6) is 0 Å². The summed E-state index contributed by atoms with van der Waals surface area (Å²) in [4.78, 5) is 23.8. The molecule has 0 aliphatic heterocycles. The van der Waals surface area contributed by atoms with E-state index in [0.717, 1.165) is 17.3 Å². The Morgan fingerprint density at radius 1 is 1.00 bits per heavy atom. The molecule has 0 saturated heterocycles. The Bertz CT molecular complexity index is 934. The van der Waals surface area contributed by atoms with Gasteiger partial charge in [-0.25, -0.2) is 17.5 Å². The van der Waals surface area contributed by atoms with Crippen LogP contribution in [0.4, 0.5) is 4.39 Å². The van der Waals surface area contributed by atoms with Crippen molar-refractivity contribution in [3.8, 4) is 0 Å². The fourth-order valence-corrected chi connectivity index (χ4v) is 3.81. The third-order valence-electron chi connectivity index (χ3n) is 3.51. The van der Waals surface area contributed by atoms with E-state index in [1.807, 2.05) is 6.92 Å². The monoisotopic (exact) mass is 425 g/mol. The Labute approximate surface area is 167 Å². The van der Waals surface area contributed by atoms with Crippen LogP contribution in [0.1, 0.15) is 12.0 Å². The van der Waals surface area contributed by atoms with Gasteiger partial charge in [-0.05, 0) is 31.2 Å². The summed E-state index contributed by atoms with van der Waals surface area (Å²) in [6, 6.07) is 12.4. The number of rotatable bonds is 8. The molecule has 7 nitrogen and oxygen atoms in total. The van der Waals surface area contributed by atoms with E-state index in [1.54, 1.807) is 30.3 Å². The number of benzene rings is 2. The Balaban J connectivity index is 1.69. The summed E-state index contributed by atoms with van der Waals surface area (Å²) in [6.45, 7) is 1.72. The molecule has 2 amide bonds. The van der Waals surface area contributed by atoms with Gasteiger partial charge in [-0.15, -0.1) is 11.8 Å². The number of carbonyl (C=O) groups is 2. The van der Waals surface area contributed by atoms with Crippen LogP contribution in [-0.2, 0) is 19.6 Å². The first-order chi connectivity index (χ1) is 13.3. The number of hydrogen-bond acceptors (Lipinski definition) is 5. The van der Waals surface area contributed by atoms with Crippen LogP contribution in [0.25, 0.3) is 0 Å². The molecule has 2 rings (SSSR count). The van der Waals surface area contributed by atoms with Gasteiger partial charge in [-0.1, -0.05) is 29.8 Å². The predicted octanol–water partition coefficient (Wildman–Crippen LogP) is 1.74. The molecule has 0 unspecified atom stereocenters. The van der Waals surface area contributed by atoms with Gasteiger partial charge in [0, 0.05) is 17.9 Å². The van der Waals surface area contributed by atoms with Gasteiger partial charge >= 0.3 is 0 Å². The lowest BCUT2D eigenvalue weighted by molar-refractivity contribution is -0.127. The molecule has 0 heterocycles. The first kappa shape index (κ1) is 21.9. The van der Waals surface area contributed by atoms with Crippen molar-refractivity contribution in [3.63, 3.8) is 0 Å². The maximum atomic E-state index is 13.5. The molecule has 2 aromatic rings. The zero-order chi connectivity index (χ0) is 20.6. The fraction of sp³-hybridized carbons (Fsp3) is 0.222. The average molecular weight is 426 g/mol. The van der Waals surface area contributed by atoms with Crippen LogP contribution in [0.15, 0.2) is 58.3 Å². The second-order valence-corrected chi connectivity index (χ2v) is 8.56. The standard InChI is InChI=1S/C18H20FN3O4S2/c1-13-6-8-14(9-7-13)28(25,26)20-11-10-17(23)21-22-18(24)12-27-16-5-3-2-4-15(16)19/h2-9,20H,10-12H2,1H3,(H,21,23)(H,22,24). The summed E-state index contributed by atoms with van der Waals surface area (Å²) in [5.41, 5.74) is 5.32. The molecule has 150 valence electrons. The minimum atomic E-state index is -3.70. The highest BCUT2D eigenvalue weighted by Gasteiger charge is 2.14. The van der Waals surface area contributed by atoms with Crippen LogP contribution in [-0.4, -0.2) is 32.5 Å². The van der Waals surface area contributed by atoms with E-state index in [2.05, 4.69) is 15.6 Å². The smallest absolute Gasteiger partial charge is 0.248 e. The van der Waals surface area contributed by atoms with Gasteiger partial charge in [0.2, 0.25) is 21.8 Å². The molecule has 0 fully saturated rings. The van der Waals surface area contributed by atoms with Gasteiger partial charge in [0.1, 0.15) is 5.82 Å². The number of hydrogen-bond donors (Lipinski definition) is 3. The number of sulfonamides is 1. The molecule has 28 heavy (non-hydrogen) atoms. The SMILES string of the molecule is Cc1ccc(S(=O)(=O)NCCC(=O)NNC(=O)CSc2ccccc2F)cc1. The molecule has 0 spiro atoms. The summed E-state index contributed by atoms with van der Waals surface area (Å²) in [7, 11) is -3.70. The van der Waals surface area contributed by atoms with E-state index in [-0.39, 0.29) is 23.6 Å². The highest BCUT2D eigenvalue weighted by Crippen LogP contribution is 2.20. The van der Waals surface area contributed by atoms with E-state index in [0.29, 0.717) is 4.90 Å². The Hall–Kier alpha value is -2.43. The van der Waals surface area contributed by atoms with Crippen molar-refractivity contribution < 1.29 is 22.4 Å². The van der Waals surface area contributed by atoms with Crippen molar-refractivity contribution in [2.24, 2.45) is 0 Å². The third-order valence-corrected chi connectivity index (χ3v) is 6.04.